The molecule has 0 aromatic carbocycles. The van der Waals surface area contributed by atoms with Crippen molar-refractivity contribution in [2.24, 2.45) is 0 Å². The van der Waals surface area contributed by atoms with E-state index in [9.17, 15) is 8.42 Å². The fourth-order valence-corrected chi connectivity index (χ4v) is 2.58. The molecule has 1 unspecified atom stereocenters. The first-order chi connectivity index (χ1) is 6.05. The third kappa shape index (κ3) is 2.69. The van der Waals surface area contributed by atoms with Crippen LogP contribution in [0.25, 0.3) is 0 Å². The largest absolute Gasteiger partial charge is 0.313 e. The van der Waals surface area contributed by atoms with Crippen molar-refractivity contribution in [2.45, 2.75) is 5.37 Å². The molecular weight excluding hydrogens is 188 g/mol. The molecule has 0 spiro atoms. The highest BCUT2D eigenvalue weighted by Crippen LogP contribution is 2.08. The van der Waals surface area contributed by atoms with Gasteiger partial charge < -0.3 is 5.32 Å². The van der Waals surface area contributed by atoms with Crippen molar-refractivity contribution in [1.29, 1.82) is 0 Å². The number of nitrogens with one attached hydrogen (secondary N) is 1. The molecule has 13 heavy (non-hydrogen) atoms. The van der Waals surface area contributed by atoms with Crippen molar-refractivity contribution in [3.8, 4) is 12.3 Å². The SMILES string of the molecule is C#CCN1CCNCC1S(C)(=O)=O. The molecular formula is C8H14N2O2S. The summed E-state index contributed by atoms with van der Waals surface area (Å²) in [5.74, 6) is 2.47. The number of piperazine rings is 1. The Morgan fingerprint density at radius 3 is 2.92 bits per heavy atom. The zero-order valence-electron chi connectivity index (χ0n) is 7.66. The van der Waals surface area contributed by atoms with Gasteiger partial charge in [-0.2, -0.15) is 0 Å². The van der Waals surface area contributed by atoms with E-state index in [0.717, 1.165) is 6.54 Å². The summed E-state index contributed by atoms with van der Waals surface area (Å²) in [5.41, 5.74) is 0. The monoisotopic (exact) mass is 202 g/mol. The van der Waals surface area contributed by atoms with E-state index in [1.165, 1.54) is 6.26 Å². The first-order valence-electron chi connectivity index (χ1n) is 4.13. The fourth-order valence-electron chi connectivity index (χ4n) is 1.44. The minimum atomic E-state index is -3.03. The maximum Gasteiger partial charge on any atom is 0.164 e. The molecule has 1 aliphatic heterocycles. The summed E-state index contributed by atoms with van der Waals surface area (Å²) in [6, 6.07) is 0. The lowest BCUT2D eigenvalue weighted by atomic mass is 10.3. The molecule has 0 saturated carbocycles. The van der Waals surface area contributed by atoms with Crippen LogP contribution in [-0.2, 0) is 9.84 Å². The predicted octanol–water partition coefficient (Wildman–Crippen LogP) is -1.10. The minimum absolute atomic E-state index is 0.402. The average molecular weight is 202 g/mol. The third-order valence-electron chi connectivity index (χ3n) is 2.09. The minimum Gasteiger partial charge on any atom is -0.313 e. The molecule has 0 aliphatic carbocycles. The smallest absolute Gasteiger partial charge is 0.164 e. The molecule has 0 aromatic rings. The van der Waals surface area contributed by atoms with Gasteiger partial charge in [0.1, 0.15) is 5.37 Å². The van der Waals surface area contributed by atoms with Crippen molar-refractivity contribution < 1.29 is 8.42 Å². The van der Waals surface area contributed by atoms with Crippen molar-refractivity contribution >= 4 is 9.84 Å². The second kappa shape index (κ2) is 4.09. The number of terminal acetylenes is 1. The van der Waals surface area contributed by atoms with Gasteiger partial charge in [0, 0.05) is 25.9 Å². The van der Waals surface area contributed by atoms with E-state index in [2.05, 4.69) is 11.2 Å². The van der Waals surface area contributed by atoms with Gasteiger partial charge in [-0.1, -0.05) is 5.92 Å². The number of nitrogens with zero attached hydrogens (tertiary/aromatic N) is 1. The maximum atomic E-state index is 11.3. The molecule has 0 aromatic heterocycles. The fraction of sp³-hybridized carbons (Fsp3) is 0.750. The van der Waals surface area contributed by atoms with Crippen LogP contribution in [0.4, 0.5) is 0 Å². The van der Waals surface area contributed by atoms with Crippen LogP contribution in [0.3, 0.4) is 0 Å². The number of sulfone groups is 1. The Balaban J connectivity index is 2.74. The van der Waals surface area contributed by atoms with Crippen molar-refractivity contribution in [2.75, 3.05) is 32.4 Å². The molecule has 0 bridgehead atoms. The topological polar surface area (TPSA) is 49.4 Å². The van der Waals surface area contributed by atoms with Crippen molar-refractivity contribution in [1.82, 2.24) is 10.2 Å². The number of hydrogen-bond acceptors (Lipinski definition) is 4. The summed E-state index contributed by atoms with van der Waals surface area (Å²) in [6.45, 7) is 2.37. The second-order valence-electron chi connectivity index (χ2n) is 3.16. The normalized spacial score (nSPS) is 25.4. The number of rotatable bonds is 2. The lowest BCUT2D eigenvalue weighted by Crippen LogP contribution is -2.54. The molecule has 74 valence electrons. The quantitative estimate of drug-likeness (QED) is 0.577. The van der Waals surface area contributed by atoms with Crippen LogP contribution in [0.2, 0.25) is 0 Å². The molecule has 1 fully saturated rings. The van der Waals surface area contributed by atoms with Gasteiger partial charge in [-0.15, -0.1) is 6.42 Å². The zero-order chi connectivity index (χ0) is 9.90. The summed E-state index contributed by atoms with van der Waals surface area (Å²) in [5, 5.41) is 2.58. The van der Waals surface area contributed by atoms with Gasteiger partial charge in [-0.3, -0.25) is 4.90 Å². The summed E-state index contributed by atoms with van der Waals surface area (Å²) < 4.78 is 22.6. The molecule has 1 aliphatic rings. The standard InChI is InChI=1S/C8H14N2O2S/c1-3-5-10-6-4-9-7-8(10)13(2,11)12/h1,8-9H,4-7H2,2H3. The van der Waals surface area contributed by atoms with Gasteiger partial charge in [0.25, 0.3) is 0 Å². The molecule has 5 heteroatoms. The Labute approximate surface area is 79.2 Å². The number of hydrogen-bond donors (Lipinski definition) is 1. The van der Waals surface area contributed by atoms with Crippen LogP contribution in [0, 0.1) is 12.3 Å². The first-order valence-corrected chi connectivity index (χ1v) is 6.08. The van der Waals surface area contributed by atoms with Crippen LogP contribution in [0.15, 0.2) is 0 Å². The van der Waals surface area contributed by atoms with E-state index in [-0.39, 0.29) is 0 Å². The van der Waals surface area contributed by atoms with Crippen LogP contribution < -0.4 is 5.32 Å². The van der Waals surface area contributed by atoms with Gasteiger partial charge in [-0.05, 0) is 0 Å². The Bertz CT molecular complexity index is 305. The molecule has 1 rings (SSSR count). The van der Waals surface area contributed by atoms with Gasteiger partial charge in [0.2, 0.25) is 0 Å². The summed E-state index contributed by atoms with van der Waals surface area (Å²) >= 11 is 0. The Kier molecular flexibility index (Phi) is 3.31. The predicted molar refractivity (Wildman–Crippen MR) is 51.9 cm³/mol. The Morgan fingerprint density at radius 1 is 1.69 bits per heavy atom. The third-order valence-corrected chi connectivity index (χ3v) is 3.54. The van der Waals surface area contributed by atoms with E-state index in [4.69, 9.17) is 6.42 Å². The van der Waals surface area contributed by atoms with Crippen LogP contribution in [0.1, 0.15) is 0 Å². The molecule has 1 heterocycles. The molecule has 1 atom stereocenters. The van der Waals surface area contributed by atoms with E-state index in [1.807, 2.05) is 4.90 Å². The second-order valence-corrected chi connectivity index (χ2v) is 5.37. The maximum absolute atomic E-state index is 11.3. The first kappa shape index (κ1) is 10.5. The summed E-state index contributed by atoms with van der Waals surface area (Å²) in [7, 11) is -3.03. The Hall–Kier alpha value is -0.570. The molecule has 0 amide bonds. The van der Waals surface area contributed by atoms with Crippen LogP contribution >= 0.6 is 0 Å². The Morgan fingerprint density at radius 2 is 2.38 bits per heavy atom. The van der Waals surface area contributed by atoms with E-state index in [1.54, 1.807) is 0 Å². The van der Waals surface area contributed by atoms with Crippen LogP contribution in [-0.4, -0.2) is 51.1 Å². The van der Waals surface area contributed by atoms with E-state index < -0.39 is 15.2 Å². The zero-order valence-corrected chi connectivity index (χ0v) is 8.47. The summed E-state index contributed by atoms with van der Waals surface area (Å²) in [4.78, 5) is 1.81. The highest BCUT2D eigenvalue weighted by molar-refractivity contribution is 7.91. The van der Waals surface area contributed by atoms with Gasteiger partial charge in [0.05, 0.1) is 6.54 Å². The highest BCUT2D eigenvalue weighted by atomic mass is 32.2. The van der Waals surface area contributed by atoms with Crippen molar-refractivity contribution in [3.05, 3.63) is 0 Å². The lowest BCUT2D eigenvalue weighted by molar-refractivity contribution is 0.235. The van der Waals surface area contributed by atoms with E-state index in [0.29, 0.717) is 19.6 Å². The molecule has 1 saturated heterocycles. The van der Waals surface area contributed by atoms with Crippen molar-refractivity contribution in [3.63, 3.8) is 0 Å². The molecule has 0 radical (unpaired) electrons. The van der Waals surface area contributed by atoms with E-state index >= 15 is 0 Å². The lowest BCUT2D eigenvalue weighted by Gasteiger charge is -2.33. The molecule has 1 N–H and O–H groups in total. The average Bonchev–Trinajstić information content (AvgIpc) is 2.04. The van der Waals surface area contributed by atoms with Gasteiger partial charge in [0.15, 0.2) is 9.84 Å². The van der Waals surface area contributed by atoms with Gasteiger partial charge >= 0.3 is 0 Å². The summed E-state index contributed by atoms with van der Waals surface area (Å²) in [6.07, 6.45) is 6.40. The van der Waals surface area contributed by atoms with Crippen LogP contribution in [0.5, 0.6) is 0 Å². The highest BCUT2D eigenvalue weighted by Gasteiger charge is 2.29. The molecule has 4 nitrogen and oxygen atoms in total. The van der Waals surface area contributed by atoms with Gasteiger partial charge in [-0.25, -0.2) is 8.42 Å².